The molecule has 3 aromatic rings. The Morgan fingerprint density at radius 3 is 2.19 bits per heavy atom. The molecule has 0 fully saturated rings. The SMILES string of the molecule is Cc1ccc(NC(=O)c2ccccc2NC(=O)c2ccc(Cl)c(Cl)c2)cc1. The van der Waals surface area contributed by atoms with E-state index in [-0.39, 0.29) is 16.8 Å². The number of halogens is 2. The molecule has 3 rings (SSSR count). The second-order valence-electron chi connectivity index (χ2n) is 5.95. The fraction of sp³-hybridized carbons (Fsp3) is 0.0476. The lowest BCUT2D eigenvalue weighted by molar-refractivity contribution is 0.102. The Balaban J connectivity index is 1.80. The number of rotatable bonds is 4. The summed E-state index contributed by atoms with van der Waals surface area (Å²) in [5.74, 6) is -0.701. The molecule has 0 heterocycles. The van der Waals surface area contributed by atoms with E-state index in [9.17, 15) is 9.59 Å². The molecule has 0 bridgehead atoms. The lowest BCUT2D eigenvalue weighted by Gasteiger charge is -2.12. The molecule has 2 amide bonds. The van der Waals surface area contributed by atoms with Crippen LogP contribution in [0.3, 0.4) is 0 Å². The maximum absolute atomic E-state index is 12.6. The molecule has 6 heteroatoms. The van der Waals surface area contributed by atoms with Crippen molar-refractivity contribution in [3.63, 3.8) is 0 Å². The van der Waals surface area contributed by atoms with Crippen molar-refractivity contribution in [3.05, 3.63) is 93.5 Å². The van der Waals surface area contributed by atoms with Crippen LogP contribution >= 0.6 is 23.2 Å². The van der Waals surface area contributed by atoms with E-state index < -0.39 is 0 Å². The van der Waals surface area contributed by atoms with Crippen molar-refractivity contribution < 1.29 is 9.59 Å². The van der Waals surface area contributed by atoms with Gasteiger partial charge in [0.15, 0.2) is 0 Å². The van der Waals surface area contributed by atoms with Gasteiger partial charge in [0.2, 0.25) is 0 Å². The number of nitrogens with one attached hydrogen (secondary N) is 2. The van der Waals surface area contributed by atoms with Crippen molar-refractivity contribution in [3.8, 4) is 0 Å². The van der Waals surface area contributed by atoms with Crippen LogP contribution in [0.15, 0.2) is 66.7 Å². The highest BCUT2D eigenvalue weighted by Gasteiger charge is 2.15. The lowest BCUT2D eigenvalue weighted by Crippen LogP contribution is -2.18. The first kappa shape index (κ1) is 19.0. The van der Waals surface area contributed by atoms with E-state index in [0.29, 0.717) is 27.5 Å². The van der Waals surface area contributed by atoms with E-state index in [1.807, 2.05) is 31.2 Å². The topological polar surface area (TPSA) is 58.2 Å². The van der Waals surface area contributed by atoms with Gasteiger partial charge in [0, 0.05) is 11.3 Å². The number of hydrogen-bond donors (Lipinski definition) is 2. The Bertz CT molecular complexity index is 1000. The van der Waals surface area contributed by atoms with Crippen LogP contribution < -0.4 is 10.6 Å². The molecular formula is C21H16Cl2N2O2. The molecule has 0 unspecified atom stereocenters. The van der Waals surface area contributed by atoms with Crippen LogP contribution in [0.1, 0.15) is 26.3 Å². The molecule has 3 aromatic carbocycles. The maximum atomic E-state index is 12.6. The van der Waals surface area contributed by atoms with Crippen molar-refractivity contribution in [2.24, 2.45) is 0 Å². The molecule has 0 aliphatic rings. The molecule has 0 saturated heterocycles. The fourth-order valence-electron chi connectivity index (χ4n) is 2.46. The summed E-state index contributed by atoms with van der Waals surface area (Å²) in [6.07, 6.45) is 0. The summed E-state index contributed by atoms with van der Waals surface area (Å²) in [5, 5.41) is 6.23. The van der Waals surface area contributed by atoms with Gasteiger partial charge in [-0.05, 0) is 49.4 Å². The van der Waals surface area contributed by atoms with Gasteiger partial charge in [-0.3, -0.25) is 9.59 Å². The number of amides is 2. The molecule has 2 N–H and O–H groups in total. The summed E-state index contributed by atoms with van der Waals surface area (Å²) in [6, 6.07) is 18.9. The van der Waals surface area contributed by atoms with Crippen LogP contribution in [0, 0.1) is 6.92 Å². The predicted molar refractivity (Wildman–Crippen MR) is 110 cm³/mol. The fourth-order valence-corrected chi connectivity index (χ4v) is 2.76. The van der Waals surface area contributed by atoms with Crippen LogP contribution in [0.4, 0.5) is 11.4 Å². The molecule has 0 spiro atoms. The molecule has 4 nitrogen and oxygen atoms in total. The van der Waals surface area contributed by atoms with Gasteiger partial charge in [0.05, 0.1) is 21.3 Å². The summed E-state index contributed by atoms with van der Waals surface area (Å²) in [6.45, 7) is 1.97. The minimum absolute atomic E-state index is 0.287. The summed E-state index contributed by atoms with van der Waals surface area (Å²) in [4.78, 5) is 25.1. The molecular weight excluding hydrogens is 383 g/mol. The zero-order chi connectivity index (χ0) is 19.4. The van der Waals surface area contributed by atoms with E-state index in [1.54, 1.807) is 36.4 Å². The van der Waals surface area contributed by atoms with E-state index in [1.165, 1.54) is 6.07 Å². The van der Waals surface area contributed by atoms with Crippen molar-refractivity contribution in [1.82, 2.24) is 0 Å². The van der Waals surface area contributed by atoms with Gasteiger partial charge < -0.3 is 10.6 Å². The van der Waals surface area contributed by atoms with Crippen LogP contribution in [-0.4, -0.2) is 11.8 Å². The minimum atomic E-state index is -0.385. The van der Waals surface area contributed by atoms with E-state index in [2.05, 4.69) is 10.6 Å². The highest BCUT2D eigenvalue weighted by atomic mass is 35.5. The van der Waals surface area contributed by atoms with Gasteiger partial charge >= 0.3 is 0 Å². The molecule has 0 aromatic heterocycles. The molecule has 0 aliphatic carbocycles. The first-order valence-corrected chi connectivity index (χ1v) is 8.93. The van der Waals surface area contributed by atoms with Gasteiger partial charge in [0.1, 0.15) is 0 Å². The lowest BCUT2D eigenvalue weighted by atomic mass is 10.1. The molecule has 0 radical (unpaired) electrons. The zero-order valence-electron chi connectivity index (χ0n) is 14.4. The molecule has 136 valence electrons. The number of carbonyl (C=O) groups is 2. The Morgan fingerprint density at radius 2 is 1.48 bits per heavy atom. The number of aryl methyl sites for hydroxylation is 1. The average molecular weight is 399 g/mol. The Kier molecular flexibility index (Phi) is 5.79. The van der Waals surface area contributed by atoms with Gasteiger partial charge in [0.25, 0.3) is 11.8 Å². The van der Waals surface area contributed by atoms with Gasteiger partial charge in [-0.15, -0.1) is 0 Å². The Morgan fingerprint density at radius 1 is 0.778 bits per heavy atom. The first-order valence-electron chi connectivity index (χ1n) is 8.17. The second kappa shape index (κ2) is 8.25. The van der Waals surface area contributed by atoms with Crippen LogP contribution in [0.25, 0.3) is 0 Å². The van der Waals surface area contributed by atoms with Crippen LogP contribution in [0.5, 0.6) is 0 Å². The Hall–Kier alpha value is -2.82. The van der Waals surface area contributed by atoms with E-state index in [0.717, 1.165) is 5.56 Å². The average Bonchev–Trinajstić information content (AvgIpc) is 2.66. The normalized spacial score (nSPS) is 10.3. The summed E-state index contributed by atoms with van der Waals surface area (Å²) in [7, 11) is 0. The molecule has 0 saturated carbocycles. The van der Waals surface area contributed by atoms with Crippen molar-refractivity contribution in [1.29, 1.82) is 0 Å². The maximum Gasteiger partial charge on any atom is 0.257 e. The van der Waals surface area contributed by atoms with Crippen LogP contribution in [-0.2, 0) is 0 Å². The smallest absolute Gasteiger partial charge is 0.257 e. The quantitative estimate of drug-likeness (QED) is 0.582. The van der Waals surface area contributed by atoms with Crippen molar-refractivity contribution in [2.45, 2.75) is 6.92 Å². The highest BCUT2D eigenvalue weighted by Crippen LogP contribution is 2.24. The molecule has 0 aliphatic heterocycles. The molecule has 27 heavy (non-hydrogen) atoms. The minimum Gasteiger partial charge on any atom is -0.322 e. The third-order valence-corrected chi connectivity index (χ3v) is 4.65. The van der Waals surface area contributed by atoms with Crippen molar-refractivity contribution in [2.75, 3.05) is 10.6 Å². The summed E-state index contributed by atoms with van der Waals surface area (Å²) >= 11 is 11.9. The first-order chi connectivity index (χ1) is 12.9. The number of hydrogen-bond acceptors (Lipinski definition) is 2. The zero-order valence-corrected chi connectivity index (χ0v) is 15.9. The van der Waals surface area contributed by atoms with Gasteiger partial charge in [-0.2, -0.15) is 0 Å². The molecule has 0 atom stereocenters. The monoisotopic (exact) mass is 398 g/mol. The number of carbonyl (C=O) groups excluding carboxylic acids is 2. The summed E-state index contributed by atoms with van der Waals surface area (Å²) < 4.78 is 0. The Labute approximate surface area is 167 Å². The number of benzene rings is 3. The largest absolute Gasteiger partial charge is 0.322 e. The third-order valence-electron chi connectivity index (χ3n) is 3.91. The summed E-state index contributed by atoms with van der Waals surface area (Å²) in [5.41, 5.74) is 2.88. The standard InChI is InChI=1S/C21H16Cl2N2O2/c1-13-6-9-15(10-7-13)24-21(27)16-4-2-3-5-19(16)25-20(26)14-8-11-17(22)18(23)12-14/h2-12H,1H3,(H,24,27)(H,25,26). The predicted octanol–water partition coefficient (Wildman–Crippen LogP) is 5.81. The number of para-hydroxylation sites is 1. The van der Waals surface area contributed by atoms with Gasteiger partial charge in [-0.25, -0.2) is 0 Å². The highest BCUT2D eigenvalue weighted by molar-refractivity contribution is 6.42. The third kappa shape index (κ3) is 4.67. The second-order valence-corrected chi connectivity index (χ2v) is 6.76. The van der Waals surface area contributed by atoms with Crippen molar-refractivity contribution >= 4 is 46.4 Å². The van der Waals surface area contributed by atoms with E-state index in [4.69, 9.17) is 23.2 Å². The van der Waals surface area contributed by atoms with Gasteiger partial charge in [-0.1, -0.05) is 53.0 Å². The van der Waals surface area contributed by atoms with Crippen LogP contribution in [0.2, 0.25) is 10.0 Å². The van der Waals surface area contributed by atoms with E-state index >= 15 is 0 Å². The number of anilines is 2.